The number of rotatable bonds is 0. The van der Waals surface area contributed by atoms with E-state index in [1.54, 1.807) is 0 Å². The van der Waals surface area contributed by atoms with Crippen molar-refractivity contribution in [3.05, 3.63) is 0 Å². The van der Waals surface area contributed by atoms with Crippen LogP contribution >= 0.6 is 0 Å². The van der Waals surface area contributed by atoms with Crippen molar-refractivity contribution >= 4 is 0 Å². The molecule has 0 radical (unpaired) electrons. The summed E-state index contributed by atoms with van der Waals surface area (Å²) in [5.41, 5.74) is 0. The summed E-state index contributed by atoms with van der Waals surface area (Å²) in [7, 11) is 0. The molecule has 0 aliphatic carbocycles. The first kappa shape index (κ1) is 9.15. The molecule has 2 N–H and O–H groups in total. The normalized spacial score (nSPS) is 7.20. The average Bonchev–Trinajstić information content (AvgIpc) is 0.811. The summed E-state index contributed by atoms with van der Waals surface area (Å²) in [4.78, 5) is 0. The SMILES string of the molecule is CC(O)O.[W]. The second kappa shape index (κ2) is 4.61. The fourth-order valence-corrected chi connectivity index (χ4v) is 0. The summed E-state index contributed by atoms with van der Waals surface area (Å²) in [6.07, 6.45) is -1.17. The van der Waals surface area contributed by atoms with Crippen LogP contribution in [0.4, 0.5) is 0 Å². The van der Waals surface area contributed by atoms with Crippen LogP contribution in [0, 0.1) is 0 Å². The summed E-state index contributed by atoms with van der Waals surface area (Å²) >= 11 is 0. The minimum absolute atomic E-state index is 0. The van der Waals surface area contributed by atoms with E-state index >= 15 is 0 Å². The fraction of sp³-hybridized carbons (Fsp3) is 1.00. The maximum Gasteiger partial charge on any atom is 0.148 e. The van der Waals surface area contributed by atoms with Crippen LogP contribution in [0.3, 0.4) is 0 Å². The quantitative estimate of drug-likeness (QED) is 0.555. The van der Waals surface area contributed by atoms with Gasteiger partial charge in [-0.2, -0.15) is 0 Å². The Balaban J connectivity index is 0. The van der Waals surface area contributed by atoms with Gasteiger partial charge in [-0.05, 0) is 6.92 Å². The van der Waals surface area contributed by atoms with Crippen LogP contribution < -0.4 is 0 Å². The summed E-state index contributed by atoms with van der Waals surface area (Å²) < 4.78 is 0. The second-order valence-corrected chi connectivity index (χ2v) is 0.632. The molecule has 5 heavy (non-hydrogen) atoms. The van der Waals surface area contributed by atoms with Gasteiger partial charge in [-0.15, -0.1) is 0 Å². The maximum absolute atomic E-state index is 7.61. The molecular formula is C2H6O2W. The molecular weight excluding hydrogens is 240 g/mol. The fourth-order valence-electron chi connectivity index (χ4n) is 0. The molecule has 0 saturated heterocycles. The first-order valence-corrected chi connectivity index (χ1v) is 1.09. The molecule has 0 unspecified atom stereocenters. The smallest absolute Gasteiger partial charge is 0.148 e. The molecule has 0 fully saturated rings. The summed E-state index contributed by atoms with van der Waals surface area (Å²) in [6, 6.07) is 0. The molecule has 0 aromatic carbocycles. The Bertz CT molecular complexity index is 12.4. The topological polar surface area (TPSA) is 40.5 Å². The third-order valence-corrected chi connectivity index (χ3v) is 0. The Labute approximate surface area is 45.1 Å². The summed E-state index contributed by atoms with van der Waals surface area (Å²) in [5.74, 6) is 0. The molecule has 0 heterocycles. The van der Waals surface area contributed by atoms with Crippen molar-refractivity contribution in [1.82, 2.24) is 0 Å². The molecule has 0 bridgehead atoms. The van der Waals surface area contributed by atoms with E-state index in [4.69, 9.17) is 10.2 Å². The van der Waals surface area contributed by atoms with Gasteiger partial charge in [0.2, 0.25) is 0 Å². The summed E-state index contributed by atoms with van der Waals surface area (Å²) in [6.45, 7) is 1.28. The van der Waals surface area contributed by atoms with Crippen LogP contribution in [0.15, 0.2) is 0 Å². The Morgan fingerprint density at radius 2 is 1.40 bits per heavy atom. The average molecular weight is 246 g/mol. The third-order valence-electron chi connectivity index (χ3n) is 0. The standard InChI is InChI=1S/C2H6O2.W/c1-2(3)4;/h2-4H,1H3;. The Kier molecular flexibility index (Phi) is 8.43. The van der Waals surface area contributed by atoms with E-state index in [1.165, 1.54) is 6.92 Å². The zero-order valence-electron chi connectivity index (χ0n) is 2.88. The van der Waals surface area contributed by atoms with Gasteiger partial charge in [0.25, 0.3) is 0 Å². The molecule has 0 rings (SSSR count). The number of aliphatic hydroxyl groups excluding tert-OH is 1. The van der Waals surface area contributed by atoms with E-state index in [0.717, 1.165) is 0 Å². The van der Waals surface area contributed by atoms with Crippen LogP contribution in [0.25, 0.3) is 0 Å². The number of hydrogen-bond acceptors (Lipinski definition) is 2. The third kappa shape index (κ3) is 84.7. The van der Waals surface area contributed by atoms with E-state index in [9.17, 15) is 0 Å². The molecule has 32 valence electrons. The number of aliphatic hydroxyl groups is 2. The molecule has 0 aromatic heterocycles. The van der Waals surface area contributed by atoms with Gasteiger partial charge in [0.05, 0.1) is 0 Å². The van der Waals surface area contributed by atoms with Gasteiger partial charge in [0.15, 0.2) is 0 Å². The zero-order valence-corrected chi connectivity index (χ0v) is 5.81. The van der Waals surface area contributed by atoms with E-state index in [2.05, 4.69) is 0 Å². The molecule has 3 heteroatoms. The van der Waals surface area contributed by atoms with Gasteiger partial charge >= 0.3 is 0 Å². The van der Waals surface area contributed by atoms with E-state index < -0.39 is 6.29 Å². The molecule has 0 aliphatic rings. The minimum atomic E-state index is -1.17. The molecule has 0 aromatic rings. The van der Waals surface area contributed by atoms with Crippen LogP contribution in [0.5, 0.6) is 0 Å². The van der Waals surface area contributed by atoms with Crippen molar-refractivity contribution < 1.29 is 31.3 Å². The van der Waals surface area contributed by atoms with Crippen LogP contribution in [-0.2, 0) is 21.1 Å². The van der Waals surface area contributed by atoms with Crippen molar-refractivity contribution in [1.29, 1.82) is 0 Å². The van der Waals surface area contributed by atoms with Crippen molar-refractivity contribution in [3.63, 3.8) is 0 Å². The molecule has 0 amide bonds. The Morgan fingerprint density at radius 3 is 1.40 bits per heavy atom. The first-order valence-electron chi connectivity index (χ1n) is 1.09. The minimum Gasteiger partial charge on any atom is -0.368 e. The van der Waals surface area contributed by atoms with E-state index in [-0.39, 0.29) is 21.1 Å². The van der Waals surface area contributed by atoms with Gasteiger partial charge in [-0.3, -0.25) is 0 Å². The van der Waals surface area contributed by atoms with Crippen LogP contribution in [0.1, 0.15) is 6.92 Å². The van der Waals surface area contributed by atoms with Gasteiger partial charge in [-0.1, -0.05) is 0 Å². The van der Waals surface area contributed by atoms with Gasteiger partial charge in [0.1, 0.15) is 6.29 Å². The Morgan fingerprint density at radius 1 is 1.40 bits per heavy atom. The predicted octanol–water partition coefficient (Wildman–Crippen LogP) is -0.685. The Hall–Kier alpha value is 0.608. The largest absolute Gasteiger partial charge is 0.368 e. The van der Waals surface area contributed by atoms with Crippen molar-refractivity contribution in [2.24, 2.45) is 0 Å². The zero-order chi connectivity index (χ0) is 3.58. The molecule has 0 atom stereocenters. The number of hydrogen-bond donors (Lipinski definition) is 2. The second-order valence-electron chi connectivity index (χ2n) is 0.632. The van der Waals surface area contributed by atoms with Crippen molar-refractivity contribution in [3.8, 4) is 0 Å². The first-order chi connectivity index (χ1) is 1.73. The molecule has 2 nitrogen and oxygen atoms in total. The van der Waals surface area contributed by atoms with Gasteiger partial charge in [-0.25, -0.2) is 0 Å². The van der Waals surface area contributed by atoms with Gasteiger partial charge in [0, 0.05) is 21.1 Å². The summed E-state index contributed by atoms with van der Waals surface area (Å²) in [5, 5.41) is 15.2. The van der Waals surface area contributed by atoms with E-state index in [0.29, 0.717) is 0 Å². The van der Waals surface area contributed by atoms with E-state index in [1.807, 2.05) is 0 Å². The van der Waals surface area contributed by atoms with Gasteiger partial charge < -0.3 is 10.2 Å². The molecule has 0 spiro atoms. The predicted molar refractivity (Wildman–Crippen MR) is 13.9 cm³/mol. The molecule has 0 aliphatic heterocycles. The molecule has 0 saturated carbocycles. The van der Waals surface area contributed by atoms with Crippen LogP contribution in [0.2, 0.25) is 0 Å². The monoisotopic (exact) mass is 246 g/mol. The van der Waals surface area contributed by atoms with Crippen LogP contribution in [-0.4, -0.2) is 16.5 Å². The van der Waals surface area contributed by atoms with Crippen molar-refractivity contribution in [2.45, 2.75) is 13.2 Å². The maximum atomic E-state index is 7.61. The van der Waals surface area contributed by atoms with Crippen molar-refractivity contribution in [2.75, 3.05) is 0 Å².